The van der Waals surface area contributed by atoms with Crippen molar-refractivity contribution in [3.05, 3.63) is 24.3 Å². The first-order valence-corrected chi connectivity index (χ1v) is 11.7. The Hall–Kier alpha value is -1.89. The zero-order chi connectivity index (χ0) is 20.2. The molecular formula is C21H31N3O3S. The first-order valence-electron chi connectivity index (χ1n) is 10.2. The molecule has 2 aliphatic rings. The summed E-state index contributed by atoms with van der Waals surface area (Å²) in [5.74, 6) is 0.428. The van der Waals surface area contributed by atoms with Gasteiger partial charge in [-0.1, -0.05) is 58.1 Å². The quantitative estimate of drug-likeness (QED) is 0.767. The second-order valence-corrected chi connectivity index (χ2v) is 10.3. The smallest absolute Gasteiger partial charge is 0.286 e. The number of rotatable bonds is 5. The summed E-state index contributed by atoms with van der Waals surface area (Å²) in [5.41, 5.74) is 0.140. The Morgan fingerprint density at radius 1 is 1.14 bits per heavy atom. The van der Waals surface area contributed by atoms with Gasteiger partial charge in [0.2, 0.25) is 5.91 Å². The van der Waals surface area contributed by atoms with Crippen LogP contribution in [0, 0.1) is 5.41 Å². The lowest BCUT2D eigenvalue weighted by molar-refractivity contribution is -0.123. The molecule has 28 heavy (non-hydrogen) atoms. The molecule has 1 aliphatic heterocycles. The Balaban J connectivity index is 1.60. The molecule has 1 aromatic rings. The van der Waals surface area contributed by atoms with E-state index in [1.54, 1.807) is 24.3 Å². The van der Waals surface area contributed by atoms with Crippen LogP contribution in [-0.4, -0.2) is 26.2 Å². The van der Waals surface area contributed by atoms with Crippen LogP contribution in [0.2, 0.25) is 0 Å². The largest absolute Gasteiger partial charge is 0.353 e. The van der Waals surface area contributed by atoms with Crippen molar-refractivity contribution < 1.29 is 13.2 Å². The number of nitrogens with zero attached hydrogens (tertiary/aromatic N) is 1. The molecule has 1 fully saturated rings. The number of fused-ring (bicyclic) bond motifs is 1. The molecule has 2 N–H and O–H groups in total. The SMILES string of the molecule is CC(C)(CC(=O)NC1CCCCCCC1)CC1=NS(=O)(=O)c2ccccc2N1. The second kappa shape index (κ2) is 8.64. The van der Waals surface area contributed by atoms with Gasteiger partial charge in [0.1, 0.15) is 10.7 Å². The van der Waals surface area contributed by atoms with Gasteiger partial charge in [-0.05, 0) is 30.4 Å². The van der Waals surface area contributed by atoms with E-state index in [1.807, 2.05) is 13.8 Å². The summed E-state index contributed by atoms with van der Waals surface area (Å²) in [6.07, 6.45) is 8.97. The first-order chi connectivity index (χ1) is 13.3. The van der Waals surface area contributed by atoms with E-state index in [-0.39, 0.29) is 16.8 Å². The van der Waals surface area contributed by atoms with E-state index in [0.717, 1.165) is 12.8 Å². The Kier molecular flexibility index (Phi) is 6.43. The highest BCUT2D eigenvalue weighted by molar-refractivity contribution is 7.90. The Labute approximate surface area is 168 Å². The molecule has 0 radical (unpaired) electrons. The van der Waals surface area contributed by atoms with E-state index < -0.39 is 15.4 Å². The van der Waals surface area contributed by atoms with E-state index >= 15 is 0 Å². The highest BCUT2D eigenvalue weighted by Crippen LogP contribution is 2.32. The second-order valence-electron chi connectivity index (χ2n) is 8.76. The minimum atomic E-state index is -3.70. The average Bonchev–Trinajstić information content (AvgIpc) is 2.55. The van der Waals surface area contributed by atoms with Crippen LogP contribution in [0.1, 0.15) is 71.6 Å². The summed E-state index contributed by atoms with van der Waals surface area (Å²) in [6.45, 7) is 3.95. The number of hydrogen-bond acceptors (Lipinski definition) is 4. The molecule has 7 heteroatoms. The molecule has 0 unspecified atom stereocenters. The van der Waals surface area contributed by atoms with Crippen molar-refractivity contribution in [1.82, 2.24) is 5.32 Å². The van der Waals surface area contributed by atoms with Crippen LogP contribution < -0.4 is 10.6 Å². The van der Waals surface area contributed by atoms with Crippen LogP contribution in [0.15, 0.2) is 33.6 Å². The summed E-state index contributed by atoms with van der Waals surface area (Å²) in [5, 5.41) is 6.31. The summed E-state index contributed by atoms with van der Waals surface area (Å²) in [4.78, 5) is 12.8. The topological polar surface area (TPSA) is 87.6 Å². The molecule has 6 nitrogen and oxygen atoms in total. The van der Waals surface area contributed by atoms with E-state index in [9.17, 15) is 13.2 Å². The summed E-state index contributed by atoms with van der Waals surface area (Å²) < 4.78 is 28.7. The van der Waals surface area contributed by atoms with Crippen molar-refractivity contribution in [1.29, 1.82) is 0 Å². The van der Waals surface area contributed by atoms with E-state index in [1.165, 1.54) is 32.1 Å². The summed E-state index contributed by atoms with van der Waals surface area (Å²) in [7, 11) is -3.70. The zero-order valence-corrected chi connectivity index (χ0v) is 17.6. The van der Waals surface area contributed by atoms with Gasteiger partial charge in [0.25, 0.3) is 10.0 Å². The van der Waals surface area contributed by atoms with Crippen LogP contribution in [-0.2, 0) is 14.8 Å². The number of hydrogen-bond donors (Lipinski definition) is 2. The highest BCUT2D eigenvalue weighted by Gasteiger charge is 2.30. The van der Waals surface area contributed by atoms with E-state index in [0.29, 0.717) is 24.4 Å². The van der Waals surface area contributed by atoms with Gasteiger partial charge in [0.15, 0.2) is 0 Å². The van der Waals surface area contributed by atoms with Crippen LogP contribution in [0.4, 0.5) is 5.69 Å². The fraction of sp³-hybridized carbons (Fsp3) is 0.619. The maximum atomic E-state index is 12.6. The molecule has 0 aromatic heterocycles. The summed E-state index contributed by atoms with van der Waals surface area (Å²) in [6, 6.07) is 7.02. The van der Waals surface area contributed by atoms with Gasteiger partial charge >= 0.3 is 0 Å². The molecule has 1 amide bonds. The molecule has 0 bridgehead atoms. The number of carbonyl (C=O) groups excluding carboxylic acids is 1. The van der Waals surface area contributed by atoms with Crippen LogP contribution in [0.5, 0.6) is 0 Å². The normalized spacial score (nSPS) is 20.1. The van der Waals surface area contributed by atoms with Crippen molar-refractivity contribution in [2.45, 2.75) is 82.6 Å². The Morgan fingerprint density at radius 2 is 1.79 bits per heavy atom. The van der Waals surface area contributed by atoms with Crippen molar-refractivity contribution in [2.75, 3.05) is 5.32 Å². The molecule has 1 saturated carbocycles. The number of amides is 1. The number of sulfonamides is 1. The van der Waals surface area contributed by atoms with Crippen molar-refractivity contribution >= 4 is 27.5 Å². The van der Waals surface area contributed by atoms with Crippen molar-refractivity contribution in [2.24, 2.45) is 9.81 Å². The lowest BCUT2D eigenvalue weighted by Gasteiger charge is -2.28. The van der Waals surface area contributed by atoms with Crippen LogP contribution >= 0.6 is 0 Å². The zero-order valence-electron chi connectivity index (χ0n) is 16.8. The number of carbonyl (C=O) groups is 1. The number of amidine groups is 1. The van der Waals surface area contributed by atoms with Gasteiger partial charge in [-0.15, -0.1) is 4.40 Å². The third kappa shape index (κ3) is 5.56. The fourth-order valence-electron chi connectivity index (χ4n) is 4.07. The maximum Gasteiger partial charge on any atom is 0.286 e. The molecule has 0 spiro atoms. The van der Waals surface area contributed by atoms with E-state index in [2.05, 4.69) is 15.0 Å². The monoisotopic (exact) mass is 405 g/mol. The van der Waals surface area contributed by atoms with Crippen LogP contribution in [0.3, 0.4) is 0 Å². The molecule has 0 saturated heterocycles. The van der Waals surface area contributed by atoms with Gasteiger partial charge in [-0.2, -0.15) is 8.42 Å². The number of nitrogens with one attached hydrogen (secondary N) is 2. The number of benzene rings is 1. The lowest BCUT2D eigenvalue weighted by atomic mass is 9.84. The lowest BCUT2D eigenvalue weighted by Crippen LogP contribution is -2.38. The maximum absolute atomic E-state index is 12.6. The van der Waals surface area contributed by atoms with Gasteiger partial charge < -0.3 is 10.6 Å². The molecule has 1 heterocycles. The molecule has 0 atom stereocenters. The molecular weight excluding hydrogens is 374 g/mol. The highest BCUT2D eigenvalue weighted by atomic mass is 32.2. The Morgan fingerprint density at radius 3 is 2.50 bits per heavy atom. The third-order valence-corrected chi connectivity index (χ3v) is 6.80. The predicted molar refractivity (Wildman–Crippen MR) is 112 cm³/mol. The average molecular weight is 406 g/mol. The van der Waals surface area contributed by atoms with Crippen molar-refractivity contribution in [3.8, 4) is 0 Å². The van der Waals surface area contributed by atoms with Gasteiger partial charge in [0, 0.05) is 18.9 Å². The van der Waals surface area contributed by atoms with Crippen molar-refractivity contribution in [3.63, 3.8) is 0 Å². The summed E-state index contributed by atoms with van der Waals surface area (Å²) >= 11 is 0. The van der Waals surface area contributed by atoms with E-state index in [4.69, 9.17) is 0 Å². The minimum absolute atomic E-state index is 0.0373. The molecule has 1 aliphatic carbocycles. The number of para-hydroxylation sites is 1. The number of anilines is 1. The standard InChI is InChI=1S/C21H31N3O3S/c1-21(2,15-20(25)22-16-10-6-4-3-5-7-11-16)14-19-23-17-12-8-9-13-18(17)28(26,27)24-19/h8-9,12-13,16H,3-7,10-11,14-15H2,1-2H3,(H,22,25)(H,23,24). The first kappa shape index (κ1) is 20.8. The Bertz CT molecular complexity index is 838. The van der Waals surface area contributed by atoms with Gasteiger partial charge in [-0.3, -0.25) is 4.79 Å². The molecule has 3 rings (SSSR count). The molecule has 154 valence electrons. The van der Waals surface area contributed by atoms with Crippen LogP contribution in [0.25, 0.3) is 0 Å². The third-order valence-electron chi connectivity index (χ3n) is 5.43. The fourth-order valence-corrected chi connectivity index (χ4v) is 5.22. The minimum Gasteiger partial charge on any atom is -0.353 e. The van der Waals surface area contributed by atoms with Gasteiger partial charge in [-0.25, -0.2) is 0 Å². The molecule has 1 aromatic carbocycles. The van der Waals surface area contributed by atoms with Gasteiger partial charge in [0.05, 0.1) is 5.69 Å². The predicted octanol–water partition coefficient (Wildman–Crippen LogP) is 4.23.